The van der Waals surface area contributed by atoms with Crippen molar-refractivity contribution in [3.63, 3.8) is 0 Å². The number of fused-ring (bicyclic) bond motifs is 1. The minimum atomic E-state index is 0.0545. The zero-order chi connectivity index (χ0) is 18.5. The van der Waals surface area contributed by atoms with Crippen LogP contribution in [0.4, 0.5) is 0 Å². The molecule has 27 heavy (non-hydrogen) atoms. The Morgan fingerprint density at radius 2 is 1.93 bits per heavy atom. The van der Waals surface area contributed by atoms with Gasteiger partial charge in [0.05, 0.1) is 6.54 Å². The normalized spacial score (nSPS) is 12.7. The molecule has 6 nitrogen and oxygen atoms in total. The number of rotatable bonds is 7. The van der Waals surface area contributed by atoms with Gasteiger partial charge in [-0.05, 0) is 47.6 Å². The number of nitrogens with one attached hydrogen (secondary N) is 1. The van der Waals surface area contributed by atoms with Crippen LogP contribution >= 0.6 is 0 Å². The van der Waals surface area contributed by atoms with Crippen molar-refractivity contribution in [3.05, 3.63) is 65.2 Å². The van der Waals surface area contributed by atoms with Gasteiger partial charge in [-0.15, -0.1) is 10.2 Å². The molecule has 3 aromatic rings. The van der Waals surface area contributed by atoms with Crippen LogP contribution in [0.15, 0.2) is 48.5 Å². The fourth-order valence-corrected chi connectivity index (χ4v) is 3.45. The number of nitrogens with zero attached hydrogens (tertiary/aromatic N) is 4. The predicted octanol–water partition coefficient (Wildman–Crippen LogP) is 2.93. The molecule has 0 aliphatic heterocycles. The lowest BCUT2D eigenvalue weighted by molar-refractivity contribution is -0.121. The van der Waals surface area contributed by atoms with Crippen LogP contribution in [0.5, 0.6) is 0 Å². The maximum atomic E-state index is 12.1. The topological polar surface area (TPSA) is 72.7 Å². The zero-order valence-electron chi connectivity index (χ0n) is 15.3. The Hall–Kier alpha value is -3.02. The molecule has 1 heterocycles. The molecule has 0 fully saturated rings. The molecule has 0 spiro atoms. The van der Waals surface area contributed by atoms with Crippen LogP contribution in [0.1, 0.15) is 36.0 Å². The summed E-state index contributed by atoms with van der Waals surface area (Å²) in [5, 5.41) is 15.5. The van der Waals surface area contributed by atoms with Gasteiger partial charge in [-0.3, -0.25) is 4.79 Å². The van der Waals surface area contributed by atoms with E-state index in [0.29, 0.717) is 31.8 Å². The van der Waals surface area contributed by atoms with Crippen LogP contribution in [0.3, 0.4) is 0 Å². The lowest BCUT2D eigenvalue weighted by Gasteiger charge is -2.07. The lowest BCUT2D eigenvalue weighted by atomic mass is 10.1. The van der Waals surface area contributed by atoms with Gasteiger partial charge in [-0.1, -0.05) is 48.5 Å². The summed E-state index contributed by atoms with van der Waals surface area (Å²) in [4.78, 5) is 13.6. The molecular weight excluding hydrogens is 338 g/mol. The summed E-state index contributed by atoms with van der Waals surface area (Å²) >= 11 is 0. The van der Waals surface area contributed by atoms with Gasteiger partial charge in [-0.25, -0.2) is 0 Å². The van der Waals surface area contributed by atoms with Gasteiger partial charge in [0, 0.05) is 18.5 Å². The van der Waals surface area contributed by atoms with Gasteiger partial charge < -0.3 is 5.32 Å². The van der Waals surface area contributed by atoms with Gasteiger partial charge in [0.1, 0.15) is 0 Å². The van der Waals surface area contributed by atoms with E-state index in [1.807, 2.05) is 30.3 Å². The second kappa shape index (κ2) is 8.12. The molecule has 138 valence electrons. The highest BCUT2D eigenvalue weighted by atomic mass is 16.1. The number of aryl methyl sites for hydroxylation is 3. The Morgan fingerprint density at radius 1 is 1.07 bits per heavy atom. The Kier molecular flexibility index (Phi) is 5.23. The van der Waals surface area contributed by atoms with Crippen LogP contribution in [-0.2, 0) is 30.7 Å². The third-order valence-corrected chi connectivity index (χ3v) is 4.90. The summed E-state index contributed by atoms with van der Waals surface area (Å²) in [6, 6.07) is 16.3. The van der Waals surface area contributed by atoms with Crippen LogP contribution in [0.2, 0.25) is 0 Å². The fourth-order valence-electron chi connectivity index (χ4n) is 3.45. The number of carbonyl (C=O) groups excluding carboxylic acids is 1. The van der Waals surface area contributed by atoms with Gasteiger partial charge in [-0.2, -0.15) is 4.80 Å². The Balaban J connectivity index is 1.21. The number of aromatic nitrogens is 4. The molecule has 0 radical (unpaired) electrons. The summed E-state index contributed by atoms with van der Waals surface area (Å²) in [5.41, 5.74) is 5.01. The highest BCUT2D eigenvalue weighted by Gasteiger charge is 2.11. The number of benzene rings is 2. The predicted molar refractivity (Wildman–Crippen MR) is 103 cm³/mol. The molecule has 1 N–H and O–H groups in total. The molecule has 0 saturated carbocycles. The molecule has 2 aromatic carbocycles. The van der Waals surface area contributed by atoms with E-state index in [2.05, 4.69) is 38.9 Å². The summed E-state index contributed by atoms with van der Waals surface area (Å²) in [5.74, 6) is 0.663. The highest BCUT2D eigenvalue weighted by Crippen LogP contribution is 2.22. The monoisotopic (exact) mass is 361 g/mol. The first-order valence-electron chi connectivity index (χ1n) is 9.48. The van der Waals surface area contributed by atoms with Crippen LogP contribution in [-0.4, -0.2) is 26.1 Å². The number of amides is 1. The highest BCUT2D eigenvalue weighted by molar-refractivity contribution is 5.75. The minimum absolute atomic E-state index is 0.0545. The van der Waals surface area contributed by atoms with Crippen molar-refractivity contribution in [1.82, 2.24) is 25.5 Å². The molecule has 4 rings (SSSR count). The number of tetrazole rings is 1. The van der Waals surface area contributed by atoms with Crippen molar-refractivity contribution in [2.45, 2.75) is 45.2 Å². The summed E-state index contributed by atoms with van der Waals surface area (Å²) in [6.07, 6.45) is 4.72. The minimum Gasteiger partial charge on any atom is -0.352 e. The molecule has 1 aromatic heterocycles. The number of hydrogen-bond donors (Lipinski definition) is 1. The smallest absolute Gasteiger partial charge is 0.220 e. The maximum Gasteiger partial charge on any atom is 0.220 e. The van der Waals surface area contributed by atoms with E-state index in [1.54, 1.807) is 4.80 Å². The zero-order valence-corrected chi connectivity index (χ0v) is 15.3. The fraction of sp³-hybridized carbons (Fsp3) is 0.333. The van der Waals surface area contributed by atoms with E-state index in [0.717, 1.165) is 12.0 Å². The largest absolute Gasteiger partial charge is 0.352 e. The first kappa shape index (κ1) is 17.4. The second-order valence-corrected chi connectivity index (χ2v) is 6.91. The molecule has 6 heteroatoms. The first-order chi connectivity index (χ1) is 13.3. The standard InChI is InChI=1S/C21H23N5O/c27-20(22-15-16-11-12-17-8-4-9-19(17)14-16)10-5-13-26-24-21(23-25-26)18-6-2-1-3-7-18/h1-3,6-7,11-12,14H,4-5,8-10,13,15H2,(H,22,27). The number of carbonyl (C=O) groups is 1. The quantitative estimate of drug-likeness (QED) is 0.702. The van der Waals surface area contributed by atoms with Gasteiger partial charge in [0.25, 0.3) is 0 Å². The molecule has 0 atom stereocenters. The van der Waals surface area contributed by atoms with E-state index in [4.69, 9.17) is 0 Å². The molecule has 0 bridgehead atoms. The molecule has 1 aliphatic rings. The van der Waals surface area contributed by atoms with Gasteiger partial charge >= 0.3 is 0 Å². The first-order valence-corrected chi connectivity index (χ1v) is 9.48. The molecule has 0 unspecified atom stereocenters. The van der Waals surface area contributed by atoms with Crippen LogP contribution in [0, 0.1) is 0 Å². The molecule has 1 aliphatic carbocycles. The van der Waals surface area contributed by atoms with Crippen LogP contribution in [0.25, 0.3) is 11.4 Å². The second-order valence-electron chi connectivity index (χ2n) is 6.91. The average molecular weight is 361 g/mol. The van der Waals surface area contributed by atoms with Crippen molar-refractivity contribution >= 4 is 5.91 Å². The SMILES string of the molecule is O=C(CCCn1nnc(-c2ccccc2)n1)NCc1ccc2c(c1)CCC2. The van der Waals surface area contributed by atoms with E-state index >= 15 is 0 Å². The molecular formula is C21H23N5O. The van der Waals surface area contributed by atoms with Crippen molar-refractivity contribution in [3.8, 4) is 11.4 Å². The summed E-state index contributed by atoms with van der Waals surface area (Å²) in [7, 11) is 0. The van der Waals surface area contributed by atoms with Crippen molar-refractivity contribution in [1.29, 1.82) is 0 Å². The van der Waals surface area contributed by atoms with Gasteiger partial charge in [0.2, 0.25) is 11.7 Å². The third-order valence-electron chi connectivity index (χ3n) is 4.90. The Labute approximate surface area is 158 Å². The molecule has 0 saturated heterocycles. The third kappa shape index (κ3) is 4.39. The summed E-state index contributed by atoms with van der Waals surface area (Å²) in [6.45, 7) is 1.16. The Morgan fingerprint density at radius 3 is 2.81 bits per heavy atom. The van der Waals surface area contributed by atoms with Crippen molar-refractivity contribution in [2.75, 3.05) is 0 Å². The van der Waals surface area contributed by atoms with Crippen molar-refractivity contribution in [2.24, 2.45) is 0 Å². The summed E-state index contributed by atoms with van der Waals surface area (Å²) < 4.78 is 0. The Bertz CT molecular complexity index is 919. The number of hydrogen-bond acceptors (Lipinski definition) is 4. The van der Waals surface area contributed by atoms with Crippen molar-refractivity contribution < 1.29 is 4.79 Å². The van der Waals surface area contributed by atoms with E-state index in [-0.39, 0.29) is 5.91 Å². The lowest BCUT2D eigenvalue weighted by Crippen LogP contribution is -2.23. The van der Waals surface area contributed by atoms with E-state index in [1.165, 1.54) is 29.5 Å². The average Bonchev–Trinajstić information content (AvgIpc) is 3.36. The molecule has 1 amide bonds. The van der Waals surface area contributed by atoms with E-state index < -0.39 is 0 Å². The van der Waals surface area contributed by atoms with E-state index in [9.17, 15) is 4.79 Å². The van der Waals surface area contributed by atoms with Gasteiger partial charge in [0.15, 0.2) is 0 Å². The van der Waals surface area contributed by atoms with Crippen LogP contribution < -0.4 is 5.32 Å². The maximum absolute atomic E-state index is 12.1.